The smallest absolute Gasteiger partial charge is 0.240 e. The molecule has 19 heavy (non-hydrogen) atoms. The molecule has 0 aromatic rings. The number of hydrogen-bond donors (Lipinski definition) is 1. The lowest BCUT2D eigenvalue weighted by molar-refractivity contribution is -0.137. The van der Waals surface area contributed by atoms with Gasteiger partial charge in [-0.05, 0) is 31.6 Å². The van der Waals surface area contributed by atoms with Crippen molar-refractivity contribution in [1.82, 2.24) is 15.1 Å². The van der Waals surface area contributed by atoms with Crippen molar-refractivity contribution >= 4 is 17.7 Å². The number of piperazine rings is 1. The van der Waals surface area contributed by atoms with Crippen LogP contribution in [-0.2, 0) is 4.79 Å². The van der Waals surface area contributed by atoms with E-state index in [1.807, 2.05) is 0 Å². The van der Waals surface area contributed by atoms with Crippen molar-refractivity contribution in [3.8, 4) is 0 Å². The average Bonchev–Trinajstić information content (AvgIpc) is 3.07. The summed E-state index contributed by atoms with van der Waals surface area (Å²) in [5.74, 6) is 1.65. The van der Waals surface area contributed by atoms with Gasteiger partial charge in [-0.15, -0.1) is 0 Å². The zero-order valence-corrected chi connectivity index (χ0v) is 12.6. The summed E-state index contributed by atoms with van der Waals surface area (Å²) in [7, 11) is 0. The maximum Gasteiger partial charge on any atom is 0.240 e. The Morgan fingerprint density at radius 2 is 2.00 bits per heavy atom. The van der Waals surface area contributed by atoms with Crippen LogP contribution >= 0.6 is 11.8 Å². The van der Waals surface area contributed by atoms with Crippen LogP contribution in [0.15, 0.2) is 0 Å². The molecule has 3 aliphatic rings. The lowest BCUT2D eigenvalue weighted by Gasteiger charge is -2.36. The second kappa shape index (κ2) is 6.02. The molecule has 0 bridgehead atoms. The van der Waals surface area contributed by atoms with E-state index in [-0.39, 0.29) is 6.04 Å². The summed E-state index contributed by atoms with van der Waals surface area (Å²) < 4.78 is 0. The molecule has 0 radical (unpaired) electrons. The Hall–Kier alpha value is -0.260. The van der Waals surface area contributed by atoms with Gasteiger partial charge in [0, 0.05) is 37.5 Å². The van der Waals surface area contributed by atoms with Crippen LogP contribution in [0.1, 0.15) is 26.2 Å². The van der Waals surface area contributed by atoms with Gasteiger partial charge in [0.05, 0.1) is 6.04 Å². The fourth-order valence-electron chi connectivity index (χ4n) is 3.70. The highest BCUT2D eigenvalue weighted by atomic mass is 32.2. The zero-order valence-electron chi connectivity index (χ0n) is 11.8. The molecule has 1 N–H and O–H groups in total. The minimum Gasteiger partial charge on any atom is -0.339 e. The molecule has 3 fully saturated rings. The fourth-order valence-corrected chi connectivity index (χ4v) is 4.97. The first kappa shape index (κ1) is 13.7. The lowest BCUT2D eigenvalue weighted by atomic mass is 10.1. The highest BCUT2D eigenvalue weighted by molar-refractivity contribution is 8.00. The van der Waals surface area contributed by atoms with Gasteiger partial charge in [-0.3, -0.25) is 9.69 Å². The summed E-state index contributed by atoms with van der Waals surface area (Å²) in [6, 6.07) is 0.800. The van der Waals surface area contributed by atoms with Crippen LogP contribution < -0.4 is 5.32 Å². The molecule has 3 unspecified atom stereocenters. The van der Waals surface area contributed by atoms with E-state index in [9.17, 15) is 4.79 Å². The quantitative estimate of drug-likeness (QED) is 0.812. The first-order valence-electron chi connectivity index (χ1n) is 7.64. The predicted octanol–water partition coefficient (Wildman–Crippen LogP) is 0.777. The van der Waals surface area contributed by atoms with E-state index in [4.69, 9.17) is 0 Å². The van der Waals surface area contributed by atoms with E-state index in [0.29, 0.717) is 17.2 Å². The number of amides is 1. The number of nitrogens with one attached hydrogen (secondary N) is 1. The molecule has 3 heterocycles. The number of carbonyl (C=O) groups is 1. The third-order valence-corrected chi connectivity index (χ3v) is 6.08. The molecule has 3 rings (SSSR count). The van der Waals surface area contributed by atoms with Crippen LogP contribution in [-0.4, -0.2) is 71.5 Å². The molecular formula is C14H25N3OS. The number of likely N-dealkylation sites (tertiary alicyclic amines) is 1. The van der Waals surface area contributed by atoms with Crippen LogP contribution in [0, 0.1) is 0 Å². The van der Waals surface area contributed by atoms with Crippen molar-refractivity contribution in [1.29, 1.82) is 0 Å². The number of rotatable bonds is 2. The Kier molecular flexibility index (Phi) is 4.34. The largest absolute Gasteiger partial charge is 0.339 e. The minimum atomic E-state index is 0.171. The second-order valence-electron chi connectivity index (χ2n) is 5.90. The molecule has 0 spiro atoms. The van der Waals surface area contributed by atoms with E-state index in [1.165, 1.54) is 18.6 Å². The van der Waals surface area contributed by atoms with E-state index in [2.05, 4.69) is 33.8 Å². The molecule has 0 aromatic heterocycles. The van der Waals surface area contributed by atoms with Crippen LogP contribution in [0.3, 0.4) is 0 Å². The Balaban J connectivity index is 1.66. The first-order chi connectivity index (χ1) is 9.27. The number of thioether (sulfide) groups is 1. The molecule has 3 saturated heterocycles. The lowest BCUT2D eigenvalue weighted by Crippen LogP contribution is -2.54. The topological polar surface area (TPSA) is 35.6 Å². The van der Waals surface area contributed by atoms with Crippen molar-refractivity contribution in [3.63, 3.8) is 0 Å². The third-order valence-electron chi connectivity index (χ3n) is 4.77. The molecule has 0 aliphatic carbocycles. The second-order valence-corrected chi connectivity index (χ2v) is 7.39. The van der Waals surface area contributed by atoms with Crippen molar-refractivity contribution < 1.29 is 4.79 Å². The van der Waals surface area contributed by atoms with Crippen LogP contribution in [0.2, 0.25) is 0 Å². The van der Waals surface area contributed by atoms with Crippen molar-refractivity contribution in [2.75, 3.05) is 38.5 Å². The van der Waals surface area contributed by atoms with Crippen molar-refractivity contribution in [2.24, 2.45) is 0 Å². The van der Waals surface area contributed by atoms with Crippen LogP contribution in [0.4, 0.5) is 0 Å². The van der Waals surface area contributed by atoms with Gasteiger partial charge in [0.25, 0.3) is 0 Å². The number of nitrogens with zero attached hydrogens (tertiary/aromatic N) is 2. The van der Waals surface area contributed by atoms with Gasteiger partial charge in [0.2, 0.25) is 5.91 Å². The Bertz CT molecular complexity index is 333. The average molecular weight is 283 g/mol. The van der Waals surface area contributed by atoms with E-state index in [0.717, 1.165) is 39.1 Å². The standard InChI is InChI=1S/C14H25N3OS/c1-11-12(4-10-19-11)17-7-2-3-13(17)14(18)16-8-5-15-6-9-16/h11-13,15H,2-10H2,1H3. The van der Waals surface area contributed by atoms with Crippen LogP contribution in [0.25, 0.3) is 0 Å². The highest BCUT2D eigenvalue weighted by Crippen LogP contribution is 2.34. The van der Waals surface area contributed by atoms with Crippen LogP contribution in [0.5, 0.6) is 0 Å². The van der Waals surface area contributed by atoms with Gasteiger partial charge in [0.1, 0.15) is 0 Å². The maximum atomic E-state index is 12.7. The van der Waals surface area contributed by atoms with Gasteiger partial charge in [0.15, 0.2) is 0 Å². The Morgan fingerprint density at radius 1 is 1.21 bits per heavy atom. The molecule has 0 aromatic carbocycles. The molecule has 3 aliphatic heterocycles. The van der Waals surface area contributed by atoms with E-state index in [1.54, 1.807) is 0 Å². The molecule has 108 valence electrons. The summed E-state index contributed by atoms with van der Waals surface area (Å²) in [5, 5.41) is 4.01. The first-order valence-corrected chi connectivity index (χ1v) is 8.69. The van der Waals surface area contributed by atoms with Crippen molar-refractivity contribution in [3.05, 3.63) is 0 Å². The van der Waals surface area contributed by atoms with Gasteiger partial charge in [-0.25, -0.2) is 0 Å². The highest BCUT2D eigenvalue weighted by Gasteiger charge is 2.40. The maximum absolute atomic E-state index is 12.7. The number of carbonyl (C=O) groups excluding carboxylic acids is 1. The number of hydrogen-bond acceptors (Lipinski definition) is 4. The SMILES string of the molecule is CC1SCCC1N1CCCC1C(=O)N1CCNCC1. The molecular weight excluding hydrogens is 258 g/mol. The monoisotopic (exact) mass is 283 g/mol. The Labute approximate surface area is 120 Å². The summed E-state index contributed by atoms with van der Waals surface area (Å²) in [6.07, 6.45) is 3.52. The summed E-state index contributed by atoms with van der Waals surface area (Å²) >= 11 is 2.06. The van der Waals surface area contributed by atoms with Gasteiger partial charge >= 0.3 is 0 Å². The molecule has 0 saturated carbocycles. The Morgan fingerprint density at radius 3 is 2.68 bits per heavy atom. The molecule has 1 amide bonds. The summed E-state index contributed by atoms with van der Waals surface area (Å²) in [6.45, 7) is 7.13. The van der Waals surface area contributed by atoms with E-state index >= 15 is 0 Å². The summed E-state index contributed by atoms with van der Waals surface area (Å²) in [4.78, 5) is 17.3. The van der Waals surface area contributed by atoms with Crippen molar-refractivity contribution in [2.45, 2.75) is 43.5 Å². The zero-order chi connectivity index (χ0) is 13.2. The fraction of sp³-hybridized carbons (Fsp3) is 0.929. The minimum absolute atomic E-state index is 0.171. The molecule has 5 heteroatoms. The predicted molar refractivity (Wildman–Crippen MR) is 79.5 cm³/mol. The van der Waals surface area contributed by atoms with Gasteiger partial charge in [-0.2, -0.15) is 11.8 Å². The molecule has 3 atom stereocenters. The molecule has 4 nitrogen and oxygen atoms in total. The van der Waals surface area contributed by atoms with Gasteiger partial charge in [-0.1, -0.05) is 6.92 Å². The van der Waals surface area contributed by atoms with E-state index < -0.39 is 0 Å². The van der Waals surface area contributed by atoms with Gasteiger partial charge < -0.3 is 10.2 Å². The third kappa shape index (κ3) is 2.78. The normalized spacial score (nSPS) is 36.9. The summed E-state index contributed by atoms with van der Waals surface area (Å²) in [5.41, 5.74) is 0.